The average Bonchev–Trinajstić information content (AvgIpc) is 2.44. The first-order valence-corrected chi connectivity index (χ1v) is 6.94. The molecular formula is C14H6Cl2FNO2S. The summed E-state index contributed by atoms with van der Waals surface area (Å²) in [5, 5.41) is 0.952. The minimum Gasteiger partial charge on any atom is -0.409 e. The average molecular weight is 342 g/mol. The Morgan fingerprint density at radius 1 is 1.10 bits per heavy atom. The highest BCUT2D eigenvalue weighted by atomic mass is 35.5. The molecule has 0 fully saturated rings. The topological polar surface area (TPSA) is 35.1 Å². The number of hydrogen-bond donors (Lipinski definition) is 0. The second-order valence-corrected chi connectivity index (χ2v) is 5.45. The molecule has 3 aromatic rings. The Hall–Kier alpha value is -1.69. The molecule has 2 aromatic carbocycles. The first-order valence-electron chi connectivity index (χ1n) is 5.78. The van der Waals surface area contributed by atoms with Gasteiger partial charge in [-0.1, -0.05) is 35.4 Å². The van der Waals surface area contributed by atoms with Crippen molar-refractivity contribution in [3.05, 3.63) is 67.5 Å². The van der Waals surface area contributed by atoms with Crippen molar-refractivity contribution in [2.45, 2.75) is 0 Å². The molecule has 0 saturated carbocycles. The van der Waals surface area contributed by atoms with Gasteiger partial charge >= 0.3 is 5.76 Å². The summed E-state index contributed by atoms with van der Waals surface area (Å²) in [6, 6.07) is 8.38. The van der Waals surface area contributed by atoms with Gasteiger partial charge in [-0.3, -0.25) is 0 Å². The van der Waals surface area contributed by atoms with Crippen LogP contribution in [0, 0.1) is 10.5 Å². The summed E-state index contributed by atoms with van der Waals surface area (Å²) in [5.74, 6) is -1.15. The van der Waals surface area contributed by atoms with Crippen LogP contribution in [-0.4, -0.2) is 4.57 Å². The fourth-order valence-corrected chi connectivity index (χ4v) is 2.58. The third-order valence-electron chi connectivity index (χ3n) is 2.92. The molecule has 0 radical (unpaired) electrons. The Bertz CT molecular complexity index is 981. The van der Waals surface area contributed by atoms with Crippen LogP contribution in [0.1, 0.15) is 0 Å². The molecule has 1 heterocycles. The van der Waals surface area contributed by atoms with Gasteiger partial charge in [-0.15, -0.1) is 0 Å². The number of hydrogen-bond acceptors (Lipinski definition) is 3. The second kappa shape index (κ2) is 5.26. The molecule has 0 amide bonds. The molecule has 3 nitrogen and oxygen atoms in total. The quantitative estimate of drug-likeness (QED) is 0.598. The Labute approximate surface area is 133 Å². The summed E-state index contributed by atoms with van der Waals surface area (Å²) >= 11 is 17.0. The van der Waals surface area contributed by atoms with Crippen LogP contribution in [0.25, 0.3) is 16.7 Å². The van der Waals surface area contributed by atoms with Crippen molar-refractivity contribution in [3.8, 4) is 5.69 Å². The SMILES string of the molecule is O=c1oc2ccc(F)cc2c(=S)n1-c1ccc(Cl)c(Cl)c1. The third-order valence-corrected chi connectivity index (χ3v) is 4.06. The Morgan fingerprint density at radius 3 is 2.57 bits per heavy atom. The van der Waals surface area contributed by atoms with Crippen molar-refractivity contribution < 1.29 is 8.81 Å². The van der Waals surface area contributed by atoms with E-state index in [1.54, 1.807) is 6.07 Å². The number of nitrogens with zero attached hydrogens (tertiary/aromatic N) is 1. The number of benzene rings is 2. The van der Waals surface area contributed by atoms with Crippen molar-refractivity contribution >= 4 is 46.4 Å². The molecule has 3 rings (SSSR count). The standard InChI is InChI=1S/C14H6Cl2FNO2S/c15-10-3-2-8(6-11(10)16)18-13(21)9-5-7(17)1-4-12(9)20-14(18)19/h1-6H. The number of halogens is 3. The molecule has 21 heavy (non-hydrogen) atoms. The predicted octanol–water partition coefficient (Wildman–Crippen LogP) is 4.76. The van der Waals surface area contributed by atoms with Gasteiger partial charge in [-0.25, -0.2) is 13.8 Å². The van der Waals surface area contributed by atoms with Gasteiger partial charge in [0.1, 0.15) is 16.0 Å². The third kappa shape index (κ3) is 2.48. The molecule has 0 bridgehead atoms. The Morgan fingerprint density at radius 2 is 1.86 bits per heavy atom. The second-order valence-electron chi connectivity index (χ2n) is 4.25. The molecule has 1 aromatic heterocycles. The zero-order valence-electron chi connectivity index (χ0n) is 10.3. The summed E-state index contributed by atoms with van der Waals surface area (Å²) in [5.41, 5.74) is 0.622. The van der Waals surface area contributed by atoms with Gasteiger partial charge < -0.3 is 4.42 Å². The van der Waals surface area contributed by atoms with E-state index >= 15 is 0 Å². The van der Waals surface area contributed by atoms with Crippen LogP contribution >= 0.6 is 35.4 Å². The van der Waals surface area contributed by atoms with E-state index in [4.69, 9.17) is 39.8 Å². The Kier molecular flexibility index (Phi) is 3.57. The summed E-state index contributed by atoms with van der Waals surface area (Å²) in [4.78, 5) is 12.1. The summed E-state index contributed by atoms with van der Waals surface area (Å²) < 4.78 is 19.8. The van der Waals surface area contributed by atoms with E-state index < -0.39 is 11.6 Å². The highest BCUT2D eigenvalue weighted by Crippen LogP contribution is 2.25. The van der Waals surface area contributed by atoms with Crippen molar-refractivity contribution in [2.24, 2.45) is 0 Å². The fourth-order valence-electron chi connectivity index (χ4n) is 1.95. The van der Waals surface area contributed by atoms with Gasteiger partial charge in [0, 0.05) is 0 Å². The summed E-state index contributed by atoms with van der Waals surface area (Å²) in [6.07, 6.45) is 0. The molecule has 0 aliphatic heterocycles. The number of aromatic nitrogens is 1. The molecule has 0 spiro atoms. The maximum Gasteiger partial charge on any atom is 0.425 e. The highest BCUT2D eigenvalue weighted by Gasteiger charge is 2.11. The minimum absolute atomic E-state index is 0.138. The van der Waals surface area contributed by atoms with Crippen LogP contribution in [-0.2, 0) is 0 Å². The van der Waals surface area contributed by atoms with Gasteiger partial charge in [0.25, 0.3) is 0 Å². The van der Waals surface area contributed by atoms with E-state index in [0.717, 1.165) is 4.57 Å². The molecule has 0 unspecified atom stereocenters. The summed E-state index contributed by atoms with van der Waals surface area (Å²) in [7, 11) is 0. The molecule has 7 heteroatoms. The maximum absolute atomic E-state index is 13.4. The largest absolute Gasteiger partial charge is 0.425 e. The molecule has 0 N–H and O–H groups in total. The number of rotatable bonds is 1. The zero-order valence-corrected chi connectivity index (χ0v) is 12.6. The number of fused-ring (bicyclic) bond motifs is 1. The van der Waals surface area contributed by atoms with Gasteiger partial charge in [-0.2, -0.15) is 0 Å². The smallest absolute Gasteiger partial charge is 0.409 e. The van der Waals surface area contributed by atoms with Crippen molar-refractivity contribution in [1.29, 1.82) is 0 Å². The molecule has 0 saturated heterocycles. The first-order chi connectivity index (χ1) is 9.97. The van der Waals surface area contributed by atoms with E-state index in [0.29, 0.717) is 16.1 Å². The van der Waals surface area contributed by atoms with Gasteiger partial charge in [0.2, 0.25) is 0 Å². The van der Waals surface area contributed by atoms with E-state index in [1.165, 1.54) is 30.3 Å². The van der Waals surface area contributed by atoms with Crippen molar-refractivity contribution in [3.63, 3.8) is 0 Å². The van der Waals surface area contributed by atoms with Crippen LogP contribution in [0.5, 0.6) is 0 Å². The first kappa shape index (κ1) is 14.3. The van der Waals surface area contributed by atoms with E-state index in [2.05, 4.69) is 0 Å². The molecule has 106 valence electrons. The molecule has 0 aliphatic rings. The van der Waals surface area contributed by atoms with Crippen molar-refractivity contribution in [2.75, 3.05) is 0 Å². The van der Waals surface area contributed by atoms with E-state index in [-0.39, 0.29) is 15.2 Å². The van der Waals surface area contributed by atoms with Gasteiger partial charge in [0.15, 0.2) is 0 Å². The van der Waals surface area contributed by atoms with Crippen LogP contribution in [0.3, 0.4) is 0 Å². The van der Waals surface area contributed by atoms with Gasteiger partial charge in [-0.05, 0) is 36.4 Å². The minimum atomic E-state index is -0.683. The molecule has 0 atom stereocenters. The lowest BCUT2D eigenvalue weighted by Gasteiger charge is -2.08. The van der Waals surface area contributed by atoms with Crippen LogP contribution < -0.4 is 5.76 Å². The maximum atomic E-state index is 13.4. The lowest BCUT2D eigenvalue weighted by atomic mass is 10.2. The monoisotopic (exact) mass is 341 g/mol. The lowest BCUT2D eigenvalue weighted by Crippen LogP contribution is -2.18. The fraction of sp³-hybridized carbons (Fsp3) is 0. The Balaban J connectivity index is 2.39. The van der Waals surface area contributed by atoms with E-state index in [9.17, 15) is 9.18 Å². The lowest BCUT2D eigenvalue weighted by molar-refractivity contribution is 0.506. The van der Waals surface area contributed by atoms with E-state index in [1.807, 2.05) is 0 Å². The van der Waals surface area contributed by atoms with Crippen molar-refractivity contribution in [1.82, 2.24) is 4.57 Å². The van der Waals surface area contributed by atoms with Crippen LogP contribution in [0.2, 0.25) is 10.0 Å². The molecule has 0 aliphatic carbocycles. The normalized spacial score (nSPS) is 11.0. The predicted molar refractivity (Wildman–Crippen MR) is 82.6 cm³/mol. The molecular weight excluding hydrogens is 336 g/mol. The van der Waals surface area contributed by atoms with Gasteiger partial charge in [0.05, 0.1) is 21.1 Å². The van der Waals surface area contributed by atoms with Crippen LogP contribution in [0.15, 0.2) is 45.6 Å². The van der Waals surface area contributed by atoms with Crippen LogP contribution in [0.4, 0.5) is 4.39 Å². The summed E-state index contributed by atoms with van der Waals surface area (Å²) in [6.45, 7) is 0. The highest BCUT2D eigenvalue weighted by molar-refractivity contribution is 7.71. The zero-order chi connectivity index (χ0) is 15.1.